The fourth-order valence-electron chi connectivity index (χ4n) is 2.97. The molecule has 0 spiro atoms. The third kappa shape index (κ3) is 2.83. The molecule has 1 heterocycles. The lowest BCUT2D eigenvalue weighted by molar-refractivity contribution is 0.0703. The van der Waals surface area contributed by atoms with Crippen LogP contribution in [0.15, 0.2) is 18.3 Å². The van der Waals surface area contributed by atoms with E-state index in [0.717, 1.165) is 24.3 Å². The second kappa shape index (κ2) is 6.19. The third-order valence-corrected chi connectivity index (χ3v) is 4.23. The van der Waals surface area contributed by atoms with Gasteiger partial charge < -0.3 is 9.84 Å². The van der Waals surface area contributed by atoms with Crippen LogP contribution >= 0.6 is 0 Å². The van der Waals surface area contributed by atoms with E-state index in [1.807, 2.05) is 12.1 Å². The minimum Gasteiger partial charge on any atom is -0.481 e. The zero-order valence-electron chi connectivity index (χ0n) is 11.3. The summed E-state index contributed by atoms with van der Waals surface area (Å²) < 4.78 is 5.23. The van der Waals surface area contributed by atoms with E-state index in [1.165, 1.54) is 19.3 Å². The summed E-state index contributed by atoms with van der Waals surface area (Å²) in [5.41, 5.74) is 0.833. The molecule has 0 aliphatic heterocycles. The predicted molar refractivity (Wildman–Crippen MR) is 71.5 cm³/mol. The molecule has 1 aromatic rings. The molecule has 1 aliphatic rings. The van der Waals surface area contributed by atoms with E-state index < -0.39 is 6.10 Å². The summed E-state index contributed by atoms with van der Waals surface area (Å²) in [6.07, 6.45) is 7.21. The van der Waals surface area contributed by atoms with Crippen molar-refractivity contribution in [3.63, 3.8) is 0 Å². The molecule has 0 aromatic carbocycles. The number of hydrogen-bond acceptors (Lipinski definition) is 3. The van der Waals surface area contributed by atoms with Crippen LogP contribution in [-0.4, -0.2) is 17.2 Å². The van der Waals surface area contributed by atoms with Gasteiger partial charge in [0.15, 0.2) is 0 Å². The molecule has 18 heavy (non-hydrogen) atoms. The van der Waals surface area contributed by atoms with Gasteiger partial charge in [-0.05, 0) is 36.8 Å². The van der Waals surface area contributed by atoms with Crippen LogP contribution in [0.4, 0.5) is 0 Å². The van der Waals surface area contributed by atoms with Crippen LogP contribution in [0.25, 0.3) is 0 Å². The molecular weight excluding hydrogens is 226 g/mol. The minimum atomic E-state index is -0.438. The van der Waals surface area contributed by atoms with Gasteiger partial charge in [0.2, 0.25) is 5.88 Å². The molecule has 1 unspecified atom stereocenters. The smallest absolute Gasteiger partial charge is 0.218 e. The molecule has 100 valence electrons. The van der Waals surface area contributed by atoms with Crippen LogP contribution in [0.1, 0.15) is 50.7 Å². The summed E-state index contributed by atoms with van der Waals surface area (Å²) >= 11 is 0. The lowest BCUT2D eigenvalue weighted by atomic mass is 9.77. The van der Waals surface area contributed by atoms with Crippen LogP contribution in [0.3, 0.4) is 0 Å². The number of rotatable bonds is 4. The molecule has 0 bridgehead atoms. The first kappa shape index (κ1) is 13.3. The van der Waals surface area contributed by atoms with E-state index in [-0.39, 0.29) is 0 Å². The Morgan fingerprint density at radius 2 is 2.11 bits per heavy atom. The van der Waals surface area contributed by atoms with Gasteiger partial charge in [-0.1, -0.05) is 26.2 Å². The molecule has 1 saturated carbocycles. The fourth-order valence-corrected chi connectivity index (χ4v) is 2.97. The van der Waals surface area contributed by atoms with E-state index in [9.17, 15) is 5.11 Å². The number of nitrogens with zero attached hydrogens (tertiary/aromatic N) is 1. The first-order chi connectivity index (χ1) is 8.76. The Kier molecular flexibility index (Phi) is 4.59. The van der Waals surface area contributed by atoms with Crippen molar-refractivity contribution in [2.24, 2.45) is 11.8 Å². The molecule has 1 atom stereocenters. The van der Waals surface area contributed by atoms with Crippen molar-refractivity contribution in [2.45, 2.75) is 45.1 Å². The zero-order valence-corrected chi connectivity index (χ0v) is 11.3. The summed E-state index contributed by atoms with van der Waals surface area (Å²) in [5, 5.41) is 10.5. The Hall–Kier alpha value is -1.09. The maximum absolute atomic E-state index is 10.5. The molecule has 2 rings (SSSR count). The van der Waals surface area contributed by atoms with E-state index in [2.05, 4.69) is 11.9 Å². The van der Waals surface area contributed by atoms with E-state index in [0.29, 0.717) is 11.8 Å². The highest BCUT2D eigenvalue weighted by Crippen LogP contribution is 2.39. The van der Waals surface area contributed by atoms with Gasteiger partial charge in [0.05, 0.1) is 13.2 Å². The highest BCUT2D eigenvalue weighted by atomic mass is 16.5. The topological polar surface area (TPSA) is 42.4 Å². The monoisotopic (exact) mass is 249 g/mol. The van der Waals surface area contributed by atoms with Crippen LogP contribution in [-0.2, 0) is 0 Å². The molecule has 3 heteroatoms. The number of pyridine rings is 1. The average molecular weight is 249 g/mol. The molecule has 1 aliphatic carbocycles. The van der Waals surface area contributed by atoms with Crippen molar-refractivity contribution in [1.29, 1.82) is 0 Å². The summed E-state index contributed by atoms with van der Waals surface area (Å²) in [4.78, 5) is 4.16. The first-order valence-electron chi connectivity index (χ1n) is 6.93. The molecule has 1 fully saturated rings. The molecule has 1 aromatic heterocycles. The minimum absolute atomic E-state index is 0.353. The maximum Gasteiger partial charge on any atom is 0.218 e. The fraction of sp³-hybridized carbons (Fsp3) is 0.667. The van der Waals surface area contributed by atoms with Crippen LogP contribution in [0.2, 0.25) is 0 Å². The molecule has 0 saturated heterocycles. The van der Waals surface area contributed by atoms with E-state index in [4.69, 9.17) is 4.74 Å². The summed E-state index contributed by atoms with van der Waals surface area (Å²) in [5.74, 6) is 1.76. The van der Waals surface area contributed by atoms with Crippen molar-refractivity contribution in [3.8, 4) is 5.88 Å². The van der Waals surface area contributed by atoms with Crippen molar-refractivity contribution in [1.82, 2.24) is 4.98 Å². The lowest BCUT2D eigenvalue weighted by Crippen LogP contribution is -2.20. The Morgan fingerprint density at radius 1 is 1.39 bits per heavy atom. The van der Waals surface area contributed by atoms with Gasteiger partial charge in [0, 0.05) is 11.8 Å². The van der Waals surface area contributed by atoms with Gasteiger partial charge in [-0.3, -0.25) is 0 Å². The third-order valence-electron chi connectivity index (χ3n) is 4.23. The van der Waals surface area contributed by atoms with Gasteiger partial charge in [-0.15, -0.1) is 0 Å². The van der Waals surface area contributed by atoms with Gasteiger partial charge >= 0.3 is 0 Å². The van der Waals surface area contributed by atoms with Crippen molar-refractivity contribution in [2.75, 3.05) is 7.11 Å². The van der Waals surface area contributed by atoms with Gasteiger partial charge in [0.1, 0.15) is 0 Å². The van der Waals surface area contributed by atoms with Crippen LogP contribution in [0, 0.1) is 11.8 Å². The summed E-state index contributed by atoms with van der Waals surface area (Å²) in [6.45, 7) is 2.26. The maximum atomic E-state index is 10.5. The standard InChI is InChI=1S/C15H23NO2/c1-3-11-6-8-12(9-7-11)14(17)13-5-4-10-16-15(13)18-2/h4-5,10-12,14,17H,3,6-9H2,1-2H3. The second-order valence-electron chi connectivity index (χ2n) is 5.24. The Bertz CT molecular complexity index is 373. The van der Waals surface area contributed by atoms with Gasteiger partial charge in [-0.2, -0.15) is 0 Å². The van der Waals surface area contributed by atoms with Crippen LogP contribution < -0.4 is 4.74 Å². The summed E-state index contributed by atoms with van der Waals surface area (Å²) in [7, 11) is 1.60. The predicted octanol–water partition coefficient (Wildman–Crippen LogP) is 3.34. The summed E-state index contributed by atoms with van der Waals surface area (Å²) in [6, 6.07) is 3.78. The number of hydrogen-bond donors (Lipinski definition) is 1. The number of aliphatic hydroxyl groups is 1. The molecule has 0 amide bonds. The second-order valence-corrected chi connectivity index (χ2v) is 5.24. The Balaban J connectivity index is 2.05. The molecule has 3 nitrogen and oxygen atoms in total. The number of methoxy groups -OCH3 is 1. The molecule has 1 N–H and O–H groups in total. The van der Waals surface area contributed by atoms with E-state index >= 15 is 0 Å². The normalized spacial score (nSPS) is 25.7. The highest BCUT2D eigenvalue weighted by molar-refractivity contribution is 5.28. The average Bonchev–Trinajstić information content (AvgIpc) is 2.46. The SMILES string of the molecule is CCC1CCC(C(O)c2cccnc2OC)CC1. The van der Waals surface area contributed by atoms with Gasteiger partial charge in [-0.25, -0.2) is 4.98 Å². The van der Waals surface area contributed by atoms with Gasteiger partial charge in [0.25, 0.3) is 0 Å². The highest BCUT2D eigenvalue weighted by Gasteiger charge is 2.28. The van der Waals surface area contributed by atoms with Crippen molar-refractivity contribution >= 4 is 0 Å². The lowest BCUT2D eigenvalue weighted by Gasteiger charge is -2.31. The molecule has 0 radical (unpaired) electrons. The number of aliphatic hydroxyl groups excluding tert-OH is 1. The Labute approximate surface area is 109 Å². The first-order valence-corrected chi connectivity index (χ1v) is 6.93. The quantitative estimate of drug-likeness (QED) is 0.890. The Morgan fingerprint density at radius 3 is 2.72 bits per heavy atom. The molecular formula is C15H23NO2. The number of ether oxygens (including phenoxy) is 1. The number of aromatic nitrogens is 1. The van der Waals surface area contributed by atoms with Crippen LogP contribution in [0.5, 0.6) is 5.88 Å². The van der Waals surface area contributed by atoms with E-state index in [1.54, 1.807) is 13.3 Å². The van der Waals surface area contributed by atoms with Crippen molar-refractivity contribution in [3.05, 3.63) is 23.9 Å². The zero-order chi connectivity index (χ0) is 13.0. The van der Waals surface area contributed by atoms with Crippen molar-refractivity contribution < 1.29 is 9.84 Å². The largest absolute Gasteiger partial charge is 0.481 e.